The Morgan fingerprint density at radius 1 is 1.39 bits per heavy atom. The summed E-state index contributed by atoms with van der Waals surface area (Å²) in [4.78, 5) is 24.1. The first-order valence-electron chi connectivity index (χ1n) is 5.92. The maximum atomic E-state index is 11.9. The van der Waals surface area contributed by atoms with E-state index in [4.69, 9.17) is 5.11 Å². The van der Waals surface area contributed by atoms with Crippen LogP contribution in [-0.4, -0.2) is 35.5 Å². The first-order chi connectivity index (χ1) is 8.40. The fourth-order valence-corrected chi connectivity index (χ4v) is 1.72. The van der Waals surface area contributed by atoms with E-state index < -0.39 is 11.9 Å². The summed E-state index contributed by atoms with van der Waals surface area (Å²) in [7, 11) is 1.64. The summed E-state index contributed by atoms with van der Waals surface area (Å²) in [5, 5.41) is 8.80. The lowest BCUT2D eigenvalue weighted by Gasteiger charge is -2.19. The topological polar surface area (TPSA) is 57.6 Å². The zero-order valence-corrected chi connectivity index (χ0v) is 11.0. The average Bonchev–Trinajstić information content (AvgIpc) is 2.28. The van der Waals surface area contributed by atoms with Crippen molar-refractivity contribution in [1.29, 1.82) is 0 Å². The summed E-state index contributed by atoms with van der Waals surface area (Å²) in [6.45, 7) is 3.81. The van der Waals surface area contributed by atoms with E-state index in [1.54, 1.807) is 14.0 Å². The monoisotopic (exact) mass is 249 g/mol. The van der Waals surface area contributed by atoms with Crippen LogP contribution in [0.4, 0.5) is 0 Å². The molecule has 1 aromatic carbocycles. The van der Waals surface area contributed by atoms with Crippen molar-refractivity contribution in [3.8, 4) is 0 Å². The number of rotatable bonds is 5. The molecule has 1 N–H and O–H groups in total. The van der Waals surface area contributed by atoms with Gasteiger partial charge in [0.05, 0.1) is 12.3 Å². The summed E-state index contributed by atoms with van der Waals surface area (Å²) >= 11 is 0. The standard InChI is InChI=1S/C14H19NO3/c1-10-5-4-6-12(7-10)8-13(16)15(3)9-11(2)14(17)18/h4-7,11H,8-9H2,1-3H3,(H,17,18)/t11-/m0/s1. The highest BCUT2D eigenvalue weighted by Gasteiger charge is 2.17. The van der Waals surface area contributed by atoms with Crippen molar-refractivity contribution < 1.29 is 14.7 Å². The number of hydrogen-bond donors (Lipinski definition) is 1. The Labute approximate surface area is 107 Å². The highest BCUT2D eigenvalue weighted by molar-refractivity contribution is 5.79. The van der Waals surface area contributed by atoms with E-state index in [-0.39, 0.29) is 12.5 Å². The number of carbonyl (C=O) groups excluding carboxylic acids is 1. The molecule has 1 rings (SSSR count). The van der Waals surface area contributed by atoms with Crippen molar-refractivity contribution in [2.45, 2.75) is 20.3 Å². The SMILES string of the molecule is Cc1cccc(CC(=O)N(C)C[C@H](C)C(=O)O)c1. The zero-order chi connectivity index (χ0) is 13.7. The highest BCUT2D eigenvalue weighted by atomic mass is 16.4. The first-order valence-corrected chi connectivity index (χ1v) is 5.92. The van der Waals surface area contributed by atoms with Gasteiger partial charge in [0.25, 0.3) is 0 Å². The van der Waals surface area contributed by atoms with E-state index in [9.17, 15) is 9.59 Å². The predicted octanol–water partition coefficient (Wildman–Crippen LogP) is 1.72. The van der Waals surface area contributed by atoms with Gasteiger partial charge in [0.15, 0.2) is 0 Å². The minimum Gasteiger partial charge on any atom is -0.481 e. The second-order valence-corrected chi connectivity index (χ2v) is 4.68. The third-order valence-corrected chi connectivity index (χ3v) is 2.83. The lowest BCUT2D eigenvalue weighted by molar-refractivity contribution is -0.142. The van der Waals surface area contributed by atoms with Gasteiger partial charge in [-0.25, -0.2) is 0 Å². The number of nitrogens with zero attached hydrogens (tertiary/aromatic N) is 1. The third-order valence-electron chi connectivity index (χ3n) is 2.83. The number of hydrogen-bond acceptors (Lipinski definition) is 2. The van der Waals surface area contributed by atoms with Gasteiger partial charge in [-0.05, 0) is 12.5 Å². The van der Waals surface area contributed by atoms with E-state index in [2.05, 4.69) is 0 Å². The Morgan fingerprint density at radius 2 is 2.06 bits per heavy atom. The summed E-state index contributed by atoms with van der Waals surface area (Å²) in [5.74, 6) is -1.49. The smallest absolute Gasteiger partial charge is 0.308 e. The molecule has 1 aromatic rings. The molecule has 0 radical (unpaired) electrons. The van der Waals surface area contributed by atoms with Crippen LogP contribution in [0.5, 0.6) is 0 Å². The van der Waals surface area contributed by atoms with Gasteiger partial charge < -0.3 is 10.0 Å². The Kier molecular flexibility index (Phi) is 4.89. The molecule has 0 spiro atoms. The van der Waals surface area contributed by atoms with Crippen molar-refractivity contribution in [3.05, 3.63) is 35.4 Å². The lowest BCUT2D eigenvalue weighted by Crippen LogP contribution is -2.34. The van der Waals surface area contributed by atoms with Crippen molar-refractivity contribution in [3.63, 3.8) is 0 Å². The van der Waals surface area contributed by atoms with Crippen LogP contribution in [0.1, 0.15) is 18.1 Å². The van der Waals surface area contributed by atoms with E-state index >= 15 is 0 Å². The quantitative estimate of drug-likeness (QED) is 0.864. The first kappa shape index (κ1) is 14.2. The number of aryl methyl sites for hydroxylation is 1. The largest absolute Gasteiger partial charge is 0.481 e. The molecule has 98 valence electrons. The molecule has 0 fully saturated rings. The van der Waals surface area contributed by atoms with Gasteiger partial charge in [-0.3, -0.25) is 9.59 Å². The maximum absolute atomic E-state index is 11.9. The fraction of sp³-hybridized carbons (Fsp3) is 0.429. The predicted molar refractivity (Wildman–Crippen MR) is 69.3 cm³/mol. The summed E-state index contributed by atoms with van der Waals surface area (Å²) in [6.07, 6.45) is 0.310. The second-order valence-electron chi connectivity index (χ2n) is 4.68. The highest BCUT2D eigenvalue weighted by Crippen LogP contribution is 2.07. The fourth-order valence-electron chi connectivity index (χ4n) is 1.72. The molecule has 4 nitrogen and oxygen atoms in total. The number of benzene rings is 1. The van der Waals surface area contributed by atoms with Gasteiger partial charge in [-0.15, -0.1) is 0 Å². The number of likely N-dealkylation sites (N-methyl/N-ethyl adjacent to an activating group) is 1. The molecule has 0 heterocycles. The second kappa shape index (κ2) is 6.19. The van der Waals surface area contributed by atoms with Gasteiger partial charge in [-0.2, -0.15) is 0 Å². The van der Waals surface area contributed by atoms with E-state index in [0.29, 0.717) is 6.42 Å². The summed E-state index contributed by atoms with van der Waals surface area (Å²) < 4.78 is 0. The van der Waals surface area contributed by atoms with Gasteiger partial charge >= 0.3 is 5.97 Å². The van der Waals surface area contributed by atoms with Crippen LogP contribution in [0.25, 0.3) is 0 Å². The average molecular weight is 249 g/mol. The number of carboxylic acid groups (broad SMARTS) is 1. The normalized spacial score (nSPS) is 11.9. The minimum atomic E-state index is -0.884. The Balaban J connectivity index is 2.57. The van der Waals surface area contributed by atoms with Gasteiger partial charge in [0.2, 0.25) is 5.91 Å². The van der Waals surface area contributed by atoms with E-state index in [1.165, 1.54) is 4.90 Å². The van der Waals surface area contributed by atoms with Crippen LogP contribution in [0.3, 0.4) is 0 Å². The van der Waals surface area contributed by atoms with Crippen LogP contribution in [-0.2, 0) is 16.0 Å². The van der Waals surface area contributed by atoms with Crippen molar-refractivity contribution in [1.82, 2.24) is 4.90 Å². The van der Waals surface area contributed by atoms with Crippen LogP contribution < -0.4 is 0 Å². The molecule has 0 aliphatic rings. The minimum absolute atomic E-state index is 0.0614. The molecular weight excluding hydrogens is 230 g/mol. The molecule has 1 amide bonds. The van der Waals surface area contributed by atoms with Gasteiger partial charge in [0, 0.05) is 13.6 Å². The number of amides is 1. The van der Waals surface area contributed by atoms with Crippen molar-refractivity contribution >= 4 is 11.9 Å². The maximum Gasteiger partial charge on any atom is 0.308 e. The molecule has 0 aliphatic heterocycles. The zero-order valence-electron chi connectivity index (χ0n) is 11.0. The Morgan fingerprint density at radius 3 is 2.61 bits per heavy atom. The molecule has 18 heavy (non-hydrogen) atoms. The Bertz CT molecular complexity index is 442. The number of carboxylic acids is 1. The third kappa shape index (κ3) is 4.20. The van der Waals surface area contributed by atoms with Crippen LogP contribution in [0, 0.1) is 12.8 Å². The summed E-state index contributed by atoms with van der Waals surface area (Å²) in [5.41, 5.74) is 2.07. The van der Waals surface area contributed by atoms with Crippen molar-refractivity contribution in [2.75, 3.05) is 13.6 Å². The van der Waals surface area contributed by atoms with Crippen molar-refractivity contribution in [2.24, 2.45) is 5.92 Å². The van der Waals surface area contributed by atoms with Gasteiger partial charge in [-0.1, -0.05) is 36.8 Å². The number of aliphatic carboxylic acids is 1. The molecule has 1 atom stereocenters. The molecular formula is C14H19NO3. The van der Waals surface area contributed by atoms with E-state index in [1.807, 2.05) is 31.2 Å². The van der Waals surface area contributed by atoms with Crippen LogP contribution in [0.15, 0.2) is 24.3 Å². The summed E-state index contributed by atoms with van der Waals surface area (Å²) in [6, 6.07) is 7.76. The van der Waals surface area contributed by atoms with Crippen LogP contribution in [0.2, 0.25) is 0 Å². The van der Waals surface area contributed by atoms with E-state index in [0.717, 1.165) is 11.1 Å². The van der Waals surface area contributed by atoms with Crippen LogP contribution >= 0.6 is 0 Å². The molecule has 0 saturated carbocycles. The molecule has 0 aromatic heterocycles. The molecule has 0 saturated heterocycles. The molecule has 0 bridgehead atoms. The number of carbonyl (C=O) groups is 2. The molecule has 0 aliphatic carbocycles. The molecule has 4 heteroatoms. The Hall–Kier alpha value is -1.84. The lowest BCUT2D eigenvalue weighted by atomic mass is 10.1. The van der Waals surface area contributed by atoms with Gasteiger partial charge in [0.1, 0.15) is 0 Å². The molecule has 0 unspecified atom stereocenters.